The van der Waals surface area contributed by atoms with E-state index in [4.69, 9.17) is 4.74 Å². The van der Waals surface area contributed by atoms with Gasteiger partial charge in [0.2, 0.25) is 0 Å². The first kappa shape index (κ1) is 9.77. The van der Waals surface area contributed by atoms with Gasteiger partial charge in [-0.3, -0.25) is 0 Å². The highest BCUT2D eigenvalue weighted by Crippen LogP contribution is 2.41. The van der Waals surface area contributed by atoms with Crippen molar-refractivity contribution in [2.75, 3.05) is 13.1 Å². The molecule has 0 aromatic rings. The minimum atomic E-state index is -0.396. The quantitative estimate of drug-likeness (QED) is 0.653. The molecule has 0 bridgehead atoms. The molecule has 1 saturated heterocycles. The molecule has 2 fully saturated rings. The summed E-state index contributed by atoms with van der Waals surface area (Å²) in [6.07, 6.45) is -0.281. The Morgan fingerprint density at radius 1 is 1.36 bits per heavy atom. The molecule has 2 aliphatic rings. The highest BCUT2D eigenvalue weighted by atomic mass is 16.6. The molecule has 1 aliphatic carbocycles. The van der Waals surface area contributed by atoms with Gasteiger partial charge in [0, 0.05) is 19.1 Å². The number of nitrogens with one attached hydrogen (secondary N) is 2. The van der Waals surface area contributed by atoms with Crippen molar-refractivity contribution in [2.45, 2.75) is 32.4 Å². The Balaban J connectivity index is 1.74. The molecule has 0 aromatic heterocycles. The van der Waals surface area contributed by atoms with Crippen LogP contribution in [-0.4, -0.2) is 30.8 Å². The number of fused-ring (bicyclic) bond motifs is 1. The van der Waals surface area contributed by atoms with E-state index in [1.54, 1.807) is 0 Å². The van der Waals surface area contributed by atoms with Crippen LogP contribution in [0.3, 0.4) is 0 Å². The van der Waals surface area contributed by atoms with Crippen LogP contribution in [0.5, 0.6) is 0 Å². The molecule has 1 saturated carbocycles. The lowest BCUT2D eigenvalue weighted by atomic mass is 10.2. The number of carbonyl (C=O) groups excluding carboxylic acids is 1. The van der Waals surface area contributed by atoms with Gasteiger partial charge in [0.15, 0.2) is 0 Å². The summed E-state index contributed by atoms with van der Waals surface area (Å²) >= 11 is 0. The minimum absolute atomic E-state index is 0.281. The second-order valence-corrected chi connectivity index (χ2v) is 5.16. The Labute approximate surface area is 84.4 Å². The third-order valence-electron chi connectivity index (χ3n) is 2.78. The molecule has 3 atom stereocenters. The summed E-state index contributed by atoms with van der Waals surface area (Å²) in [5.41, 5.74) is -0.396. The van der Waals surface area contributed by atoms with E-state index >= 15 is 0 Å². The molecule has 0 aromatic carbocycles. The topological polar surface area (TPSA) is 50.4 Å². The van der Waals surface area contributed by atoms with Crippen molar-refractivity contribution >= 4 is 6.09 Å². The average molecular weight is 198 g/mol. The van der Waals surface area contributed by atoms with Crippen LogP contribution >= 0.6 is 0 Å². The van der Waals surface area contributed by atoms with Gasteiger partial charge < -0.3 is 15.4 Å². The largest absolute Gasteiger partial charge is 0.444 e. The number of hydrogen-bond donors (Lipinski definition) is 2. The van der Waals surface area contributed by atoms with Crippen LogP contribution in [0.2, 0.25) is 0 Å². The number of rotatable bonds is 1. The van der Waals surface area contributed by atoms with E-state index in [9.17, 15) is 4.79 Å². The maximum atomic E-state index is 11.4. The molecule has 2 rings (SSSR count). The van der Waals surface area contributed by atoms with E-state index in [0.29, 0.717) is 17.9 Å². The number of ether oxygens (including phenoxy) is 1. The summed E-state index contributed by atoms with van der Waals surface area (Å²) in [5.74, 6) is 1.28. The molecule has 1 amide bonds. The molecule has 2 N–H and O–H groups in total. The second-order valence-electron chi connectivity index (χ2n) is 5.16. The fraction of sp³-hybridized carbons (Fsp3) is 0.900. The number of amides is 1. The van der Waals surface area contributed by atoms with Crippen LogP contribution < -0.4 is 10.6 Å². The number of hydrogen-bond acceptors (Lipinski definition) is 3. The van der Waals surface area contributed by atoms with E-state index in [0.717, 1.165) is 13.1 Å². The molecule has 80 valence electrons. The standard InChI is InChI=1S/C10H18N2O2/c1-10(2,3)14-9(13)12-8-6-4-11-5-7(6)8/h6-8,11H,4-5H2,1-3H3,(H,12,13)/t6-,7+,8-. The summed E-state index contributed by atoms with van der Waals surface area (Å²) in [6.45, 7) is 7.70. The van der Waals surface area contributed by atoms with Crippen LogP contribution in [0.25, 0.3) is 0 Å². The van der Waals surface area contributed by atoms with Gasteiger partial charge >= 0.3 is 6.09 Å². The Morgan fingerprint density at radius 2 is 1.93 bits per heavy atom. The smallest absolute Gasteiger partial charge is 0.407 e. The van der Waals surface area contributed by atoms with Gasteiger partial charge in [-0.2, -0.15) is 0 Å². The Kier molecular flexibility index (Phi) is 2.18. The van der Waals surface area contributed by atoms with Gasteiger partial charge in [-0.1, -0.05) is 0 Å². The molecule has 4 heteroatoms. The lowest BCUT2D eigenvalue weighted by molar-refractivity contribution is 0.0518. The minimum Gasteiger partial charge on any atom is -0.444 e. The van der Waals surface area contributed by atoms with E-state index in [1.807, 2.05) is 20.8 Å². The van der Waals surface area contributed by atoms with Gasteiger partial charge in [0.25, 0.3) is 0 Å². The Morgan fingerprint density at radius 3 is 2.43 bits per heavy atom. The molecule has 0 radical (unpaired) electrons. The molecule has 1 heterocycles. The van der Waals surface area contributed by atoms with Crippen LogP contribution in [0.15, 0.2) is 0 Å². The Hall–Kier alpha value is -0.770. The van der Waals surface area contributed by atoms with Gasteiger partial charge in [-0.05, 0) is 32.6 Å². The molecule has 1 aliphatic heterocycles. The predicted octanol–water partition coefficient (Wildman–Crippen LogP) is 0.729. The molecule has 4 nitrogen and oxygen atoms in total. The maximum Gasteiger partial charge on any atom is 0.407 e. The SMILES string of the molecule is CC(C)(C)OC(=O)N[C@@H]1[C@@H]2CNC[C@@H]21. The van der Waals surface area contributed by atoms with Crippen molar-refractivity contribution in [3.63, 3.8) is 0 Å². The normalized spacial score (nSPS) is 34.9. The van der Waals surface area contributed by atoms with Crippen molar-refractivity contribution in [2.24, 2.45) is 11.8 Å². The van der Waals surface area contributed by atoms with Crippen molar-refractivity contribution in [1.82, 2.24) is 10.6 Å². The zero-order valence-corrected chi connectivity index (χ0v) is 8.96. The monoisotopic (exact) mass is 198 g/mol. The third kappa shape index (κ3) is 2.00. The van der Waals surface area contributed by atoms with Gasteiger partial charge in [-0.25, -0.2) is 4.79 Å². The van der Waals surface area contributed by atoms with Crippen LogP contribution in [0.1, 0.15) is 20.8 Å². The van der Waals surface area contributed by atoms with Crippen molar-refractivity contribution in [3.8, 4) is 0 Å². The van der Waals surface area contributed by atoms with Crippen molar-refractivity contribution < 1.29 is 9.53 Å². The lowest BCUT2D eigenvalue weighted by Gasteiger charge is -2.20. The summed E-state index contributed by atoms with van der Waals surface area (Å²) in [5, 5.41) is 6.19. The first-order valence-electron chi connectivity index (χ1n) is 5.17. The fourth-order valence-corrected chi connectivity index (χ4v) is 2.08. The maximum absolute atomic E-state index is 11.4. The number of alkyl carbamates (subject to hydrolysis) is 1. The van der Waals surface area contributed by atoms with E-state index in [1.165, 1.54) is 0 Å². The van der Waals surface area contributed by atoms with Crippen LogP contribution in [0, 0.1) is 11.8 Å². The van der Waals surface area contributed by atoms with E-state index in [2.05, 4.69) is 10.6 Å². The molecule has 14 heavy (non-hydrogen) atoms. The zero-order valence-electron chi connectivity index (χ0n) is 8.96. The zero-order chi connectivity index (χ0) is 10.3. The van der Waals surface area contributed by atoms with Crippen molar-refractivity contribution in [1.29, 1.82) is 0 Å². The summed E-state index contributed by atoms with van der Waals surface area (Å²) in [4.78, 5) is 11.4. The van der Waals surface area contributed by atoms with E-state index < -0.39 is 5.60 Å². The van der Waals surface area contributed by atoms with Gasteiger partial charge in [0.1, 0.15) is 5.60 Å². The summed E-state index contributed by atoms with van der Waals surface area (Å²) in [6, 6.07) is 0.353. The van der Waals surface area contributed by atoms with Gasteiger partial charge in [-0.15, -0.1) is 0 Å². The number of piperidine rings is 1. The summed E-state index contributed by atoms with van der Waals surface area (Å²) in [7, 11) is 0. The van der Waals surface area contributed by atoms with E-state index in [-0.39, 0.29) is 6.09 Å². The first-order chi connectivity index (χ1) is 6.47. The Bertz CT molecular complexity index is 237. The molecule has 0 unspecified atom stereocenters. The molecular weight excluding hydrogens is 180 g/mol. The van der Waals surface area contributed by atoms with Gasteiger partial charge in [0.05, 0.1) is 0 Å². The summed E-state index contributed by atoms with van der Waals surface area (Å²) < 4.78 is 5.18. The molecular formula is C10H18N2O2. The highest BCUT2D eigenvalue weighted by molar-refractivity contribution is 5.68. The predicted molar refractivity (Wildman–Crippen MR) is 53.0 cm³/mol. The average Bonchev–Trinajstić information content (AvgIpc) is 2.50. The van der Waals surface area contributed by atoms with Crippen LogP contribution in [0.4, 0.5) is 4.79 Å². The van der Waals surface area contributed by atoms with Crippen molar-refractivity contribution in [3.05, 3.63) is 0 Å². The fourth-order valence-electron chi connectivity index (χ4n) is 2.08. The number of carbonyl (C=O) groups is 1. The second kappa shape index (κ2) is 3.12. The van der Waals surface area contributed by atoms with Crippen LogP contribution in [-0.2, 0) is 4.74 Å². The lowest BCUT2D eigenvalue weighted by Crippen LogP contribution is -2.37. The third-order valence-corrected chi connectivity index (χ3v) is 2.78. The molecule has 0 spiro atoms. The first-order valence-corrected chi connectivity index (χ1v) is 5.17. The highest BCUT2D eigenvalue weighted by Gasteiger charge is 2.54.